The molecular weight excluding hydrogens is 812 g/mol. The van der Waals surface area contributed by atoms with E-state index in [0.717, 1.165) is 42.6 Å². The molecule has 0 aliphatic carbocycles. The third kappa shape index (κ3) is 15.4. The molecule has 4 N–H and O–H groups in total. The van der Waals surface area contributed by atoms with Gasteiger partial charge in [-0.05, 0) is 102 Å². The lowest BCUT2D eigenvalue weighted by Crippen LogP contribution is -2.50. The molecule has 15 heteroatoms. The highest BCUT2D eigenvalue weighted by Gasteiger charge is 2.58. The van der Waals surface area contributed by atoms with E-state index in [1.165, 1.54) is 13.0 Å². The number of allylic oxidation sites excluding steroid dienone is 2. The largest absolute Gasteiger partial charge is 0.494 e. The zero-order valence-electron chi connectivity index (χ0n) is 34.5. The molecule has 14 nitrogen and oxygen atoms in total. The van der Waals surface area contributed by atoms with Crippen molar-refractivity contribution in [2.45, 2.75) is 135 Å². The van der Waals surface area contributed by atoms with Crippen LogP contribution in [0.4, 0.5) is 0 Å². The Balaban J connectivity index is 1.20. The van der Waals surface area contributed by atoms with Crippen molar-refractivity contribution in [3.63, 3.8) is 0 Å². The van der Waals surface area contributed by atoms with Crippen molar-refractivity contribution in [3.8, 4) is 5.75 Å². The van der Waals surface area contributed by atoms with E-state index in [2.05, 4.69) is 50.1 Å². The molecule has 0 radical (unpaired) electrons. The molecule has 0 unspecified atom stereocenters. The van der Waals surface area contributed by atoms with Gasteiger partial charge in [0.05, 0.1) is 55.0 Å². The number of aliphatic hydroxyl groups excluding tert-OH is 1. The molecule has 4 rings (SSSR count). The predicted octanol–water partition coefficient (Wildman–Crippen LogP) is 4.96. The zero-order chi connectivity index (χ0) is 42.2. The monoisotopic (exact) mass is 872 g/mol. The average Bonchev–Trinajstić information content (AvgIpc) is 3.96. The summed E-state index contributed by atoms with van der Waals surface area (Å²) in [4.78, 5) is 47.8. The first kappa shape index (κ1) is 46.8. The van der Waals surface area contributed by atoms with E-state index < -0.39 is 36.0 Å². The van der Waals surface area contributed by atoms with Crippen molar-refractivity contribution in [2.24, 2.45) is 11.0 Å². The van der Waals surface area contributed by atoms with Crippen molar-refractivity contribution >= 4 is 45.3 Å². The quantitative estimate of drug-likeness (QED) is 0.0204. The number of carbonyl (C=O) groups is 4. The van der Waals surface area contributed by atoms with E-state index in [9.17, 15) is 24.3 Å². The summed E-state index contributed by atoms with van der Waals surface area (Å²) in [6, 6.07) is 7.37. The maximum atomic E-state index is 13.0. The number of rotatable bonds is 20. The number of esters is 1. The molecule has 9 atom stereocenters. The molecule has 0 bridgehead atoms. The van der Waals surface area contributed by atoms with Crippen LogP contribution in [0.3, 0.4) is 0 Å². The smallest absolute Gasteiger partial charge is 0.303 e. The van der Waals surface area contributed by atoms with Gasteiger partial charge < -0.3 is 39.4 Å². The molecule has 0 aromatic heterocycles. The Morgan fingerprint density at radius 1 is 1.05 bits per heavy atom. The Hall–Kier alpha value is -3.89. The molecule has 320 valence electrons. The van der Waals surface area contributed by atoms with Gasteiger partial charge in [-0.1, -0.05) is 46.7 Å². The number of hydrazone groups is 1. The summed E-state index contributed by atoms with van der Waals surface area (Å²) in [6.45, 7) is 12.5. The van der Waals surface area contributed by atoms with Gasteiger partial charge in [0.15, 0.2) is 0 Å². The average molecular weight is 874 g/mol. The normalized spacial score (nSPS) is 28.0. The number of hydrogen-bond donors (Lipinski definition) is 4. The minimum Gasteiger partial charge on any atom is -0.494 e. The molecule has 1 aromatic rings. The molecule has 3 heterocycles. The molecular formula is C43H61BrN4O10. The fourth-order valence-electron chi connectivity index (χ4n) is 7.01. The maximum Gasteiger partial charge on any atom is 0.303 e. The van der Waals surface area contributed by atoms with Crippen LogP contribution in [0.2, 0.25) is 0 Å². The number of aliphatic hydroxyl groups is 1. The lowest BCUT2D eigenvalue weighted by molar-refractivity contribution is -0.145. The Labute approximate surface area is 350 Å². The summed E-state index contributed by atoms with van der Waals surface area (Å²) in [5.41, 5.74) is 4.37. The van der Waals surface area contributed by atoms with Crippen LogP contribution in [0.15, 0.2) is 65.3 Å². The van der Waals surface area contributed by atoms with Crippen LogP contribution in [0.1, 0.15) is 92.1 Å². The van der Waals surface area contributed by atoms with Crippen LogP contribution in [0.5, 0.6) is 5.75 Å². The summed E-state index contributed by atoms with van der Waals surface area (Å²) in [7, 11) is 0. The summed E-state index contributed by atoms with van der Waals surface area (Å²) < 4.78 is 29.1. The first-order chi connectivity index (χ1) is 27.7. The molecule has 1 spiro atoms. The number of unbranched alkanes of at least 4 members (excludes halogenated alkanes) is 2. The number of benzene rings is 1. The fourth-order valence-corrected chi connectivity index (χ4v) is 7.21. The second-order valence-electron chi connectivity index (χ2n) is 15.5. The molecule has 3 aliphatic rings. The van der Waals surface area contributed by atoms with E-state index in [1.54, 1.807) is 13.0 Å². The number of carbonyl (C=O) groups excluding carboxylic acids is 4. The number of hydrogen-bond acceptors (Lipinski definition) is 11. The molecule has 1 aromatic carbocycles. The number of epoxide rings is 1. The highest BCUT2D eigenvalue weighted by Crippen LogP contribution is 2.43. The second-order valence-corrected chi connectivity index (χ2v) is 16.1. The fraction of sp³-hybridized carbons (Fsp3) is 0.605. The Morgan fingerprint density at radius 2 is 1.79 bits per heavy atom. The van der Waals surface area contributed by atoms with Crippen LogP contribution >= 0.6 is 15.9 Å². The predicted molar refractivity (Wildman–Crippen MR) is 223 cm³/mol. The number of alkyl halides is 1. The van der Waals surface area contributed by atoms with E-state index in [4.69, 9.17) is 23.7 Å². The Kier molecular flexibility index (Phi) is 18.6. The van der Waals surface area contributed by atoms with Gasteiger partial charge in [-0.25, -0.2) is 5.43 Å². The lowest BCUT2D eigenvalue weighted by Gasteiger charge is -2.39. The van der Waals surface area contributed by atoms with Crippen LogP contribution in [0, 0.1) is 5.92 Å². The van der Waals surface area contributed by atoms with Gasteiger partial charge in [-0.15, -0.1) is 0 Å². The van der Waals surface area contributed by atoms with Crippen molar-refractivity contribution in [1.82, 2.24) is 16.1 Å². The number of nitrogens with one attached hydrogen (secondary N) is 3. The van der Waals surface area contributed by atoms with Crippen LogP contribution < -0.4 is 20.8 Å². The lowest BCUT2D eigenvalue weighted by atomic mass is 9.87. The number of nitrogens with zero attached hydrogens (tertiary/aromatic N) is 1. The van der Waals surface area contributed by atoms with Gasteiger partial charge in [-0.3, -0.25) is 19.2 Å². The minimum absolute atomic E-state index is 0.0107. The highest BCUT2D eigenvalue weighted by atomic mass is 79.9. The van der Waals surface area contributed by atoms with Gasteiger partial charge in [-0.2, -0.15) is 5.10 Å². The summed E-state index contributed by atoms with van der Waals surface area (Å²) in [5, 5.41) is 21.6. The van der Waals surface area contributed by atoms with Gasteiger partial charge in [0.25, 0.3) is 0 Å². The van der Waals surface area contributed by atoms with E-state index in [1.807, 2.05) is 57.2 Å². The minimum atomic E-state index is -0.865. The van der Waals surface area contributed by atoms with E-state index >= 15 is 0 Å². The highest BCUT2D eigenvalue weighted by molar-refractivity contribution is 9.09. The third-order valence-corrected chi connectivity index (χ3v) is 11.0. The van der Waals surface area contributed by atoms with Crippen LogP contribution in [-0.4, -0.2) is 108 Å². The SMILES string of the molecule is CC(=O)O[C@@H](C)/C=C\C(=O)N[C@@H]1C[C@H](C)[C@H](C/C=C(C)/C=C/[C@H]2O[C@H](CC(=O)NN=C(C)c3ccc(OCCCCCNC(=O)CBr)cc3)C[C@@]3(CO3)[C@@H]2O)O[C@@H]1C. The summed E-state index contributed by atoms with van der Waals surface area (Å²) in [5.74, 6) is -0.0456. The topological polar surface area (TPSA) is 186 Å². The Bertz CT molecular complexity index is 1660. The molecule has 0 saturated carbocycles. The zero-order valence-corrected chi connectivity index (χ0v) is 36.1. The molecule has 3 saturated heterocycles. The first-order valence-electron chi connectivity index (χ1n) is 20.2. The van der Waals surface area contributed by atoms with Gasteiger partial charge in [0, 0.05) is 26.0 Å². The van der Waals surface area contributed by atoms with E-state index in [-0.39, 0.29) is 48.3 Å². The van der Waals surface area contributed by atoms with Crippen molar-refractivity contribution < 1.29 is 48.0 Å². The molecule has 3 fully saturated rings. The summed E-state index contributed by atoms with van der Waals surface area (Å²) >= 11 is 3.13. The summed E-state index contributed by atoms with van der Waals surface area (Å²) in [6.07, 6.45) is 10.7. The van der Waals surface area contributed by atoms with E-state index in [0.29, 0.717) is 43.6 Å². The second kappa shape index (κ2) is 23.0. The third-order valence-electron chi connectivity index (χ3n) is 10.5. The van der Waals surface area contributed by atoms with Crippen molar-refractivity contribution in [1.29, 1.82) is 0 Å². The molecule has 3 aliphatic heterocycles. The molecule has 58 heavy (non-hydrogen) atoms. The van der Waals surface area contributed by atoms with Gasteiger partial charge >= 0.3 is 5.97 Å². The number of halogens is 1. The maximum absolute atomic E-state index is 13.0. The van der Waals surface area contributed by atoms with Gasteiger partial charge in [0.2, 0.25) is 17.7 Å². The number of ether oxygens (including phenoxy) is 5. The van der Waals surface area contributed by atoms with Crippen LogP contribution in [-0.2, 0) is 38.1 Å². The first-order valence-corrected chi connectivity index (χ1v) is 21.3. The number of amides is 3. The molecule has 3 amide bonds. The van der Waals surface area contributed by atoms with Crippen molar-refractivity contribution in [2.75, 3.05) is 25.1 Å². The van der Waals surface area contributed by atoms with Gasteiger partial charge in [0.1, 0.15) is 29.7 Å². The Morgan fingerprint density at radius 3 is 2.48 bits per heavy atom. The van der Waals surface area contributed by atoms with Crippen LogP contribution in [0.25, 0.3) is 0 Å². The van der Waals surface area contributed by atoms with Crippen molar-refractivity contribution in [3.05, 3.63) is 65.8 Å². The standard InChI is InChI=1S/C43H61BrN4O10/c1-27(10-17-37-28(2)22-36(31(5)57-37)46-39(50)19-12-29(3)56-32(6)49)11-18-38-42(53)43(26-55-43)24-35(58-38)23-40(51)48-47-30(4)33-13-15-34(16-14-33)54-21-9-7-8-20-45-41(52)25-44/h10-16,18-19,28-29,31,35-38,42,53H,7-9,17,20-26H2,1-6H3,(H,45,52)(H,46,50)(H,48,51)/b18-11+,19-12-,27-10+,47-30?/t28-,29-,31+,35+,36+,37-,38+,42+,43+/m0/s1.